The lowest BCUT2D eigenvalue weighted by Crippen LogP contribution is -2.50. The Kier molecular flexibility index (Phi) is 15.2. The highest BCUT2D eigenvalue weighted by Gasteiger charge is 2.30. The van der Waals surface area contributed by atoms with Gasteiger partial charge in [0.1, 0.15) is 11.6 Å². The lowest BCUT2D eigenvalue weighted by atomic mass is 9.91. The average molecular weight is 935 g/mol. The van der Waals surface area contributed by atoms with Gasteiger partial charge in [-0.3, -0.25) is 28.8 Å². The van der Waals surface area contributed by atoms with Gasteiger partial charge in [-0.05, 0) is 132 Å². The Hall–Kier alpha value is -6.97. The number of carboxylic acid groups (broad SMARTS) is 1. The number of benzene rings is 4. The van der Waals surface area contributed by atoms with E-state index in [1.165, 1.54) is 48.2 Å². The lowest BCUT2D eigenvalue weighted by Gasteiger charge is -2.28. The van der Waals surface area contributed by atoms with E-state index < -0.39 is 29.4 Å². The summed E-state index contributed by atoms with van der Waals surface area (Å²) in [7, 11) is 0. The van der Waals surface area contributed by atoms with E-state index in [0.29, 0.717) is 42.9 Å². The Labute approximate surface area is 395 Å². The predicted octanol–water partition coefficient (Wildman–Crippen LogP) is 7.21. The number of halogens is 2. The van der Waals surface area contributed by atoms with Gasteiger partial charge < -0.3 is 36.6 Å². The molecular weight excluding hydrogens is 875 g/mol. The summed E-state index contributed by atoms with van der Waals surface area (Å²) in [6.45, 7) is 16.4. The molecule has 4 aromatic rings. The van der Waals surface area contributed by atoms with Crippen molar-refractivity contribution in [2.75, 3.05) is 32.7 Å². The van der Waals surface area contributed by atoms with Gasteiger partial charge in [-0.15, -0.1) is 0 Å². The third-order valence-corrected chi connectivity index (χ3v) is 11.5. The minimum absolute atomic E-state index is 0.105. The number of piperazine rings is 1. The predicted molar refractivity (Wildman–Crippen MR) is 254 cm³/mol. The van der Waals surface area contributed by atoms with Crippen molar-refractivity contribution >= 4 is 41.4 Å². The summed E-state index contributed by atoms with van der Waals surface area (Å²) in [5.74, 6) is -4.61. The third-order valence-electron chi connectivity index (χ3n) is 11.5. The fourth-order valence-corrected chi connectivity index (χ4v) is 7.24. The largest absolute Gasteiger partial charge is 0.478 e. The molecule has 0 atom stereocenters. The summed E-state index contributed by atoms with van der Waals surface area (Å²) in [6, 6.07) is 14.6. The zero-order valence-electron chi connectivity index (χ0n) is 39.8. The first-order valence-corrected chi connectivity index (χ1v) is 22.8. The summed E-state index contributed by atoms with van der Waals surface area (Å²) in [6.07, 6.45) is 3.59. The normalized spacial score (nSPS) is 14.7. The van der Waals surface area contributed by atoms with Gasteiger partial charge in [0.05, 0.1) is 12.1 Å². The zero-order valence-corrected chi connectivity index (χ0v) is 39.8. The molecule has 1 aliphatic heterocycles. The van der Waals surface area contributed by atoms with E-state index in [2.05, 4.69) is 26.6 Å². The van der Waals surface area contributed by atoms with Gasteiger partial charge in [0.2, 0.25) is 5.91 Å². The maximum atomic E-state index is 15.0. The Bertz CT molecular complexity index is 2680. The van der Waals surface area contributed by atoms with Crippen LogP contribution >= 0.6 is 0 Å². The van der Waals surface area contributed by atoms with Crippen molar-refractivity contribution in [3.8, 4) is 22.3 Å². The van der Waals surface area contributed by atoms with E-state index in [0.717, 1.165) is 31.7 Å². The standard InChI is InChI=1S/C28H33FN4O4.C24H27FN2O4/c1-16-21(12-18(13-23(16)29)26(36)32-19-6-7-19)20-8-5-17(25(35)31-15-28(2,3)4)11-22(20)27(37)33-10-9-30-24(34)14-33;1-13-18(10-15(11-20(13)25)22(29)27-16-6-7-16)17-8-5-14(9-19(17)23(30)31)21(28)26-12-24(2,3)4/h5,8,11-13,19H,6-7,9-10,14-15H2,1-4H3,(H,30,34)(H,31,35)(H,32,36);5,8-11,16H,6-7,12H2,1-4H3,(H,26,28)(H,27,29)(H,30,31). The third kappa shape index (κ3) is 13.1. The van der Waals surface area contributed by atoms with Crippen LogP contribution in [-0.2, 0) is 4.79 Å². The quantitative estimate of drug-likeness (QED) is 0.0855. The molecule has 0 bridgehead atoms. The molecule has 0 spiro atoms. The van der Waals surface area contributed by atoms with Gasteiger partial charge in [-0.1, -0.05) is 53.7 Å². The highest BCUT2D eigenvalue weighted by Crippen LogP contribution is 2.34. The van der Waals surface area contributed by atoms with E-state index in [-0.39, 0.29) is 103 Å². The van der Waals surface area contributed by atoms with E-state index in [9.17, 15) is 43.1 Å². The monoisotopic (exact) mass is 934 g/mol. The number of carbonyl (C=O) groups excluding carboxylic acids is 6. The van der Waals surface area contributed by atoms with Crippen molar-refractivity contribution in [1.29, 1.82) is 0 Å². The Morgan fingerprint density at radius 2 is 1.04 bits per heavy atom. The summed E-state index contributed by atoms with van der Waals surface area (Å²) >= 11 is 0. The van der Waals surface area contributed by atoms with Crippen LogP contribution in [0.5, 0.6) is 0 Å². The van der Waals surface area contributed by atoms with Crippen LogP contribution in [0.3, 0.4) is 0 Å². The first kappa shape index (κ1) is 50.4. The number of nitrogens with one attached hydrogen (secondary N) is 5. The smallest absolute Gasteiger partial charge is 0.336 e. The summed E-state index contributed by atoms with van der Waals surface area (Å²) in [4.78, 5) is 89.4. The molecule has 360 valence electrons. The molecule has 14 nitrogen and oxygen atoms in total. The SMILES string of the molecule is Cc1c(F)cc(C(=O)NC2CC2)cc1-c1ccc(C(=O)NCC(C)(C)C)cc1C(=O)N1CCNC(=O)C1.Cc1c(F)cc(C(=O)NC2CC2)cc1-c1ccc(C(=O)NCC(C)(C)C)cc1C(=O)O. The average Bonchev–Trinajstić information content (AvgIpc) is 4.24. The fourth-order valence-electron chi connectivity index (χ4n) is 7.24. The molecule has 1 saturated heterocycles. The molecule has 0 aromatic heterocycles. The number of nitrogens with zero attached hydrogens (tertiary/aromatic N) is 1. The van der Waals surface area contributed by atoms with Crippen LogP contribution in [-0.4, -0.2) is 96.2 Å². The molecule has 16 heteroatoms. The molecule has 3 aliphatic rings. The maximum absolute atomic E-state index is 15.0. The maximum Gasteiger partial charge on any atom is 0.336 e. The molecule has 6 amide bonds. The Morgan fingerprint density at radius 1 is 0.618 bits per heavy atom. The minimum atomic E-state index is -1.24. The lowest BCUT2D eigenvalue weighted by molar-refractivity contribution is -0.123. The van der Waals surface area contributed by atoms with E-state index in [1.807, 2.05) is 41.5 Å². The molecule has 6 N–H and O–H groups in total. The van der Waals surface area contributed by atoms with Crippen molar-refractivity contribution < 1.29 is 47.4 Å². The van der Waals surface area contributed by atoms with Crippen LogP contribution < -0.4 is 26.6 Å². The highest BCUT2D eigenvalue weighted by molar-refractivity contribution is 6.07. The van der Waals surface area contributed by atoms with Gasteiger partial charge in [-0.2, -0.15) is 0 Å². The van der Waals surface area contributed by atoms with Gasteiger partial charge in [0.15, 0.2) is 0 Å². The van der Waals surface area contributed by atoms with Crippen molar-refractivity contribution in [3.05, 3.63) is 117 Å². The second-order valence-corrected chi connectivity index (χ2v) is 20.1. The number of amides is 6. The molecule has 0 unspecified atom stereocenters. The minimum Gasteiger partial charge on any atom is -0.478 e. The summed E-state index contributed by atoms with van der Waals surface area (Å²) in [5, 5.41) is 23.8. The van der Waals surface area contributed by atoms with Gasteiger partial charge in [0.25, 0.3) is 29.5 Å². The molecule has 7 rings (SSSR count). The van der Waals surface area contributed by atoms with E-state index in [4.69, 9.17) is 0 Å². The number of carboxylic acids is 1. The van der Waals surface area contributed by atoms with Crippen molar-refractivity contribution in [1.82, 2.24) is 31.5 Å². The number of rotatable bonds is 12. The van der Waals surface area contributed by atoms with Crippen LogP contribution in [0.1, 0.15) is 141 Å². The first-order valence-electron chi connectivity index (χ1n) is 22.8. The molecule has 2 aliphatic carbocycles. The number of hydrogen-bond acceptors (Lipinski definition) is 7. The summed E-state index contributed by atoms with van der Waals surface area (Å²) < 4.78 is 29.6. The van der Waals surface area contributed by atoms with Gasteiger partial charge in [0, 0.05) is 66.1 Å². The molecule has 1 heterocycles. The molecule has 3 fully saturated rings. The Morgan fingerprint density at radius 3 is 1.44 bits per heavy atom. The zero-order chi connectivity index (χ0) is 49.8. The first-order chi connectivity index (χ1) is 31.9. The van der Waals surface area contributed by atoms with Crippen LogP contribution in [0.4, 0.5) is 8.78 Å². The number of hydrogen-bond donors (Lipinski definition) is 6. The van der Waals surface area contributed by atoms with Crippen LogP contribution in [0.15, 0.2) is 60.7 Å². The van der Waals surface area contributed by atoms with E-state index in [1.54, 1.807) is 25.1 Å². The van der Waals surface area contributed by atoms with Gasteiger partial charge >= 0.3 is 5.97 Å². The number of aromatic carboxylic acids is 1. The Balaban J connectivity index is 0.000000228. The molecule has 68 heavy (non-hydrogen) atoms. The van der Waals surface area contributed by atoms with Crippen LogP contribution in [0, 0.1) is 36.3 Å². The second kappa shape index (κ2) is 20.5. The molecule has 0 radical (unpaired) electrons. The molecule has 2 saturated carbocycles. The molecular formula is C52H60F2N6O8. The fraction of sp³-hybridized carbons (Fsp3) is 0.404. The van der Waals surface area contributed by atoms with Gasteiger partial charge in [-0.25, -0.2) is 13.6 Å². The second-order valence-electron chi connectivity index (χ2n) is 20.1. The van der Waals surface area contributed by atoms with Crippen molar-refractivity contribution in [3.63, 3.8) is 0 Å². The summed E-state index contributed by atoms with van der Waals surface area (Å²) in [5.41, 5.74) is 2.38. The highest BCUT2D eigenvalue weighted by atomic mass is 19.1. The number of carbonyl (C=O) groups is 7. The topological polar surface area (TPSA) is 203 Å². The molecule has 4 aromatic carbocycles. The van der Waals surface area contributed by atoms with Crippen LogP contribution in [0.2, 0.25) is 0 Å². The van der Waals surface area contributed by atoms with E-state index >= 15 is 4.39 Å². The van der Waals surface area contributed by atoms with Crippen LogP contribution in [0.25, 0.3) is 22.3 Å². The van der Waals surface area contributed by atoms with Crippen molar-refractivity contribution in [2.24, 2.45) is 10.8 Å². The van der Waals surface area contributed by atoms with Crippen molar-refractivity contribution in [2.45, 2.75) is 93.2 Å².